The van der Waals surface area contributed by atoms with E-state index in [-0.39, 0.29) is 18.6 Å². The average molecular weight is 567 g/mol. The van der Waals surface area contributed by atoms with Gasteiger partial charge in [-0.2, -0.15) is 0 Å². The summed E-state index contributed by atoms with van der Waals surface area (Å²) < 4.78 is 11.4. The number of benzene rings is 2. The van der Waals surface area contributed by atoms with Crippen LogP contribution >= 0.6 is 0 Å². The van der Waals surface area contributed by atoms with Gasteiger partial charge in [0.15, 0.2) is 6.10 Å². The standard InChI is InChI=1S/C33H34N4O5/c1-21(34)13-14-22-15-16-36-25(17-22)18-26-27-19-33(2,20-41-32(35)40)29(37(27)30(26)38)31(39)42-28(23-9-5-3-6-10-23)24-11-7-4-8-12-24/h3-12,15-18,27-29,34H,13-14,19-20H2,1-2H3,(H2,35,40)/b26-18+,34-21?/t27?,29-,33-/m0/s1. The quantitative estimate of drug-likeness (QED) is 0.156. The Morgan fingerprint density at radius 1 is 1.12 bits per heavy atom. The molecule has 3 aromatic rings. The van der Waals surface area contributed by atoms with Gasteiger partial charge in [-0.05, 0) is 61.1 Å². The SMILES string of the molecule is CC(=N)CCc1ccnc(/C=C2/C(=O)N3C2C[C@@](C)(COC(N)=O)[C@@H]3C(=O)OC(c2ccccc2)c2ccccc2)c1. The molecule has 2 fully saturated rings. The predicted molar refractivity (Wildman–Crippen MR) is 157 cm³/mol. The van der Waals surface area contributed by atoms with E-state index < -0.39 is 29.6 Å². The minimum atomic E-state index is -0.990. The van der Waals surface area contributed by atoms with E-state index in [1.165, 1.54) is 4.90 Å². The number of β-lactam (4-membered cyclic amide) rings is 1. The number of hydrogen-bond acceptors (Lipinski definition) is 7. The summed E-state index contributed by atoms with van der Waals surface area (Å²) in [5.41, 5.74) is 8.73. The van der Waals surface area contributed by atoms with Crippen molar-refractivity contribution in [3.8, 4) is 0 Å². The molecule has 2 amide bonds. The Kier molecular flexibility index (Phi) is 8.20. The molecule has 2 saturated heterocycles. The van der Waals surface area contributed by atoms with Crippen LogP contribution in [-0.4, -0.2) is 52.3 Å². The summed E-state index contributed by atoms with van der Waals surface area (Å²) in [5, 5.41) is 7.69. The Morgan fingerprint density at radius 3 is 2.36 bits per heavy atom. The van der Waals surface area contributed by atoms with Crippen LogP contribution in [0.4, 0.5) is 4.79 Å². The number of aromatic nitrogens is 1. The zero-order valence-corrected chi connectivity index (χ0v) is 23.7. The summed E-state index contributed by atoms with van der Waals surface area (Å²) in [4.78, 5) is 45.1. The van der Waals surface area contributed by atoms with Crippen molar-refractivity contribution in [3.63, 3.8) is 0 Å². The molecule has 5 rings (SSSR count). The number of nitrogens with zero attached hydrogens (tertiary/aromatic N) is 2. The van der Waals surface area contributed by atoms with E-state index in [9.17, 15) is 14.4 Å². The number of hydrogen-bond donors (Lipinski definition) is 2. The average Bonchev–Trinajstić information content (AvgIpc) is 3.27. The van der Waals surface area contributed by atoms with Gasteiger partial charge in [-0.3, -0.25) is 9.78 Å². The summed E-state index contributed by atoms with van der Waals surface area (Å²) in [6, 6.07) is 21.3. The van der Waals surface area contributed by atoms with Gasteiger partial charge in [-0.15, -0.1) is 0 Å². The second-order valence-corrected chi connectivity index (χ2v) is 11.2. The monoisotopic (exact) mass is 566 g/mol. The van der Waals surface area contributed by atoms with Crippen molar-refractivity contribution < 1.29 is 23.9 Å². The molecule has 0 radical (unpaired) electrons. The van der Waals surface area contributed by atoms with Gasteiger partial charge in [0.05, 0.1) is 11.7 Å². The number of nitrogens with one attached hydrogen (secondary N) is 1. The van der Waals surface area contributed by atoms with Gasteiger partial charge in [-0.25, -0.2) is 9.59 Å². The predicted octanol–water partition coefficient (Wildman–Crippen LogP) is 4.85. The highest BCUT2D eigenvalue weighted by Crippen LogP contribution is 2.50. The zero-order chi connectivity index (χ0) is 29.9. The number of amides is 2. The third-order valence-electron chi connectivity index (χ3n) is 7.92. The van der Waals surface area contributed by atoms with Crippen LogP contribution in [0.15, 0.2) is 84.6 Å². The fourth-order valence-electron chi connectivity index (χ4n) is 5.83. The molecule has 0 aliphatic carbocycles. The van der Waals surface area contributed by atoms with Crippen LogP contribution in [0.25, 0.3) is 6.08 Å². The third-order valence-corrected chi connectivity index (χ3v) is 7.92. The molecule has 2 aliphatic rings. The molecule has 2 aliphatic heterocycles. The first-order valence-electron chi connectivity index (χ1n) is 13.9. The van der Waals surface area contributed by atoms with Crippen LogP contribution in [0, 0.1) is 10.8 Å². The highest BCUT2D eigenvalue weighted by atomic mass is 16.6. The van der Waals surface area contributed by atoms with Gasteiger partial charge < -0.3 is 25.5 Å². The Labute approximate surface area is 244 Å². The number of nitrogens with two attached hydrogens (primary N) is 1. The Balaban J connectivity index is 1.44. The van der Waals surface area contributed by atoms with E-state index in [0.717, 1.165) is 16.7 Å². The van der Waals surface area contributed by atoms with Gasteiger partial charge in [0.2, 0.25) is 0 Å². The number of pyridine rings is 1. The normalized spacial score (nSPS) is 22.0. The molecule has 1 unspecified atom stereocenters. The van der Waals surface area contributed by atoms with Crippen molar-refractivity contribution in [2.75, 3.05) is 6.61 Å². The van der Waals surface area contributed by atoms with Crippen LogP contribution in [0.1, 0.15) is 55.2 Å². The highest BCUT2D eigenvalue weighted by Gasteiger charge is 2.63. The number of aryl methyl sites for hydroxylation is 1. The minimum absolute atomic E-state index is 0.145. The summed E-state index contributed by atoms with van der Waals surface area (Å²) in [6.07, 6.45) is 3.53. The molecule has 2 aromatic carbocycles. The third kappa shape index (κ3) is 5.95. The molecular weight excluding hydrogens is 532 g/mol. The Hall–Kier alpha value is -4.79. The first-order chi connectivity index (χ1) is 20.2. The summed E-state index contributed by atoms with van der Waals surface area (Å²) in [7, 11) is 0. The molecular formula is C33H34N4O5. The largest absolute Gasteiger partial charge is 0.451 e. The van der Waals surface area contributed by atoms with Gasteiger partial charge in [0.1, 0.15) is 12.6 Å². The summed E-state index contributed by atoms with van der Waals surface area (Å²) in [6.45, 7) is 3.44. The van der Waals surface area contributed by atoms with E-state index in [1.54, 1.807) is 19.2 Å². The number of carbonyl (C=O) groups excluding carboxylic acids is 3. The molecule has 216 valence electrons. The minimum Gasteiger partial charge on any atom is -0.451 e. The fraction of sp³-hybridized carbons (Fsp3) is 0.303. The van der Waals surface area contributed by atoms with Gasteiger partial charge in [0.25, 0.3) is 5.91 Å². The maximum absolute atomic E-state index is 14.0. The Morgan fingerprint density at radius 2 is 1.76 bits per heavy atom. The molecule has 3 N–H and O–H groups in total. The molecule has 3 atom stereocenters. The van der Waals surface area contributed by atoms with Crippen molar-refractivity contribution in [1.29, 1.82) is 5.41 Å². The molecule has 1 aromatic heterocycles. The van der Waals surface area contributed by atoms with Gasteiger partial charge >= 0.3 is 12.1 Å². The number of primary amides is 1. The summed E-state index contributed by atoms with van der Waals surface area (Å²) >= 11 is 0. The van der Waals surface area contributed by atoms with Crippen molar-refractivity contribution in [1.82, 2.24) is 9.88 Å². The lowest BCUT2D eigenvalue weighted by atomic mass is 9.81. The lowest BCUT2D eigenvalue weighted by molar-refractivity contribution is -0.163. The number of carbonyl (C=O) groups is 3. The number of fused-ring (bicyclic) bond motifs is 1. The second kappa shape index (κ2) is 12.0. The fourth-order valence-corrected chi connectivity index (χ4v) is 5.83. The molecule has 0 saturated carbocycles. The highest BCUT2D eigenvalue weighted by molar-refractivity contribution is 6.08. The van der Waals surface area contributed by atoms with Crippen molar-refractivity contribution in [2.45, 2.75) is 51.3 Å². The first kappa shape index (κ1) is 28.7. The maximum Gasteiger partial charge on any atom is 0.404 e. The van der Waals surface area contributed by atoms with E-state index >= 15 is 0 Å². The lowest BCUT2D eigenvalue weighted by Gasteiger charge is -2.41. The van der Waals surface area contributed by atoms with E-state index in [2.05, 4.69) is 4.98 Å². The second-order valence-electron chi connectivity index (χ2n) is 11.2. The van der Waals surface area contributed by atoms with Crippen LogP contribution in [-0.2, 0) is 25.5 Å². The molecule has 9 nitrogen and oxygen atoms in total. The lowest BCUT2D eigenvalue weighted by Crippen LogP contribution is -2.58. The topological polar surface area (TPSA) is 136 Å². The van der Waals surface area contributed by atoms with Gasteiger partial charge in [0, 0.05) is 22.9 Å². The molecule has 0 bridgehead atoms. The molecule has 3 heterocycles. The van der Waals surface area contributed by atoms with Crippen LogP contribution in [0.5, 0.6) is 0 Å². The first-order valence-corrected chi connectivity index (χ1v) is 13.9. The Bertz CT molecular complexity index is 1480. The number of rotatable bonds is 10. The molecule has 0 spiro atoms. The number of ether oxygens (including phenoxy) is 2. The van der Waals surface area contributed by atoms with E-state index in [0.29, 0.717) is 36.2 Å². The number of esters is 1. The smallest absolute Gasteiger partial charge is 0.404 e. The maximum atomic E-state index is 14.0. The van der Waals surface area contributed by atoms with E-state index in [1.807, 2.05) is 79.7 Å². The van der Waals surface area contributed by atoms with E-state index in [4.69, 9.17) is 20.6 Å². The molecule has 9 heteroatoms. The van der Waals surface area contributed by atoms with Crippen molar-refractivity contribution in [2.24, 2.45) is 11.1 Å². The van der Waals surface area contributed by atoms with Crippen LogP contribution in [0.3, 0.4) is 0 Å². The zero-order valence-electron chi connectivity index (χ0n) is 23.7. The van der Waals surface area contributed by atoms with Crippen molar-refractivity contribution >= 4 is 29.8 Å². The van der Waals surface area contributed by atoms with Crippen LogP contribution in [0.2, 0.25) is 0 Å². The summed E-state index contributed by atoms with van der Waals surface area (Å²) in [5.74, 6) is -0.872. The van der Waals surface area contributed by atoms with Gasteiger partial charge in [-0.1, -0.05) is 67.6 Å². The van der Waals surface area contributed by atoms with Crippen LogP contribution < -0.4 is 5.73 Å². The van der Waals surface area contributed by atoms with Crippen molar-refractivity contribution in [3.05, 3.63) is 107 Å². The molecule has 42 heavy (non-hydrogen) atoms.